The second-order valence-corrected chi connectivity index (χ2v) is 9.40. The van der Waals surface area contributed by atoms with E-state index in [4.69, 9.17) is 46.4 Å². The Morgan fingerprint density at radius 3 is 1.97 bits per heavy atom. The summed E-state index contributed by atoms with van der Waals surface area (Å²) in [6.45, 7) is 0. The van der Waals surface area contributed by atoms with E-state index in [1.54, 1.807) is 0 Å². The highest BCUT2D eigenvalue weighted by atomic mass is 35.5. The molecule has 0 bridgehead atoms. The number of phenols is 2. The summed E-state index contributed by atoms with van der Waals surface area (Å²) in [6.07, 6.45) is 0. The number of aromatic hydroxyl groups is 2. The van der Waals surface area contributed by atoms with Crippen LogP contribution >= 0.6 is 46.4 Å². The fourth-order valence-electron chi connectivity index (χ4n) is 3.23. The third kappa shape index (κ3) is 3.89. The van der Waals surface area contributed by atoms with E-state index in [2.05, 4.69) is 0 Å². The molecule has 0 aliphatic carbocycles. The van der Waals surface area contributed by atoms with Gasteiger partial charge < -0.3 is 10.2 Å². The molecule has 0 radical (unpaired) electrons. The maximum absolute atomic E-state index is 13.0. The number of benzene rings is 3. The Labute approximate surface area is 186 Å². The van der Waals surface area contributed by atoms with Gasteiger partial charge >= 0.3 is 0 Å². The van der Waals surface area contributed by atoms with Crippen LogP contribution in [0.25, 0.3) is 0 Å². The lowest BCUT2D eigenvalue weighted by Gasteiger charge is -2.33. The summed E-state index contributed by atoms with van der Waals surface area (Å²) in [5.41, 5.74) is -0.413. The Morgan fingerprint density at radius 1 is 0.759 bits per heavy atom. The lowest BCUT2D eigenvalue weighted by molar-refractivity contribution is 0.455. The Kier molecular flexibility index (Phi) is 5.98. The van der Waals surface area contributed by atoms with Crippen LogP contribution in [-0.2, 0) is 14.9 Å². The van der Waals surface area contributed by atoms with Crippen LogP contribution in [0.1, 0.15) is 16.7 Å². The molecular formula is C19H12Cl4O5S. The van der Waals surface area contributed by atoms with E-state index in [1.165, 1.54) is 42.5 Å². The summed E-state index contributed by atoms with van der Waals surface area (Å²) >= 11 is 24.4. The predicted octanol–water partition coefficient (Wildman–Crippen LogP) is 5.89. The van der Waals surface area contributed by atoms with Gasteiger partial charge in [-0.15, -0.1) is 0 Å². The summed E-state index contributed by atoms with van der Waals surface area (Å²) in [7, 11) is -5.07. The average Bonchev–Trinajstić information content (AvgIpc) is 2.57. The molecule has 29 heavy (non-hydrogen) atoms. The Morgan fingerprint density at radius 2 is 1.38 bits per heavy atom. The first-order chi connectivity index (χ1) is 13.5. The van der Waals surface area contributed by atoms with Gasteiger partial charge in [0.1, 0.15) is 11.5 Å². The van der Waals surface area contributed by atoms with E-state index in [-0.39, 0.29) is 42.5 Å². The van der Waals surface area contributed by atoms with Crippen molar-refractivity contribution in [2.24, 2.45) is 0 Å². The van der Waals surface area contributed by atoms with Crippen LogP contribution < -0.4 is 0 Å². The molecule has 3 aromatic rings. The first-order valence-corrected chi connectivity index (χ1v) is 10.8. The quantitative estimate of drug-likeness (QED) is 0.311. The summed E-state index contributed by atoms with van der Waals surface area (Å²) in [6, 6.07) is 11.5. The van der Waals surface area contributed by atoms with E-state index in [0.29, 0.717) is 0 Å². The van der Waals surface area contributed by atoms with Gasteiger partial charge in [0.15, 0.2) is 4.75 Å². The number of rotatable bonds is 4. The lowest BCUT2D eigenvalue weighted by atomic mass is 9.83. The minimum absolute atomic E-state index is 0.00238. The molecule has 5 nitrogen and oxygen atoms in total. The van der Waals surface area contributed by atoms with Crippen molar-refractivity contribution in [2.45, 2.75) is 4.75 Å². The van der Waals surface area contributed by atoms with E-state index >= 15 is 0 Å². The van der Waals surface area contributed by atoms with Crippen LogP contribution in [0, 0.1) is 0 Å². The molecule has 152 valence electrons. The van der Waals surface area contributed by atoms with Gasteiger partial charge in [-0.1, -0.05) is 58.5 Å². The molecular weight excluding hydrogens is 482 g/mol. The summed E-state index contributed by atoms with van der Waals surface area (Å²) in [5.74, 6) is -0.861. The maximum Gasteiger partial charge on any atom is 0.283 e. The van der Waals surface area contributed by atoms with Gasteiger partial charge in [0, 0.05) is 26.7 Å². The van der Waals surface area contributed by atoms with Gasteiger partial charge in [-0.25, -0.2) is 0 Å². The van der Waals surface area contributed by atoms with Crippen molar-refractivity contribution < 1.29 is 23.2 Å². The third-order valence-corrected chi connectivity index (χ3v) is 6.84. The zero-order chi connectivity index (χ0) is 21.6. The fraction of sp³-hybridized carbons (Fsp3) is 0.0526. The summed E-state index contributed by atoms with van der Waals surface area (Å²) in [5, 5.41) is 20.0. The smallest absolute Gasteiger partial charge is 0.283 e. The molecule has 0 aliphatic rings. The lowest BCUT2D eigenvalue weighted by Crippen LogP contribution is -2.38. The van der Waals surface area contributed by atoms with Crippen LogP contribution in [0.2, 0.25) is 20.1 Å². The van der Waals surface area contributed by atoms with Crippen molar-refractivity contribution in [2.75, 3.05) is 0 Å². The first kappa shape index (κ1) is 22.0. The fourth-order valence-corrected chi connectivity index (χ4v) is 5.45. The normalized spacial score (nSPS) is 13.8. The van der Waals surface area contributed by atoms with Crippen LogP contribution in [0.15, 0.2) is 54.6 Å². The molecule has 1 atom stereocenters. The number of hydrogen-bond acceptors (Lipinski definition) is 4. The van der Waals surface area contributed by atoms with Crippen LogP contribution in [0.3, 0.4) is 0 Å². The molecule has 1 unspecified atom stereocenters. The SMILES string of the molecule is O=S(=O)(O)C(c1cccc(Cl)c1)(c1cc(O)cc(Cl)c1)c1cc(Cl)cc(O)c1Cl. The van der Waals surface area contributed by atoms with Crippen molar-refractivity contribution in [1.29, 1.82) is 0 Å². The van der Waals surface area contributed by atoms with Gasteiger partial charge in [-0.2, -0.15) is 8.42 Å². The van der Waals surface area contributed by atoms with Crippen molar-refractivity contribution >= 4 is 56.5 Å². The zero-order valence-electron chi connectivity index (χ0n) is 14.3. The van der Waals surface area contributed by atoms with Gasteiger partial charge in [-0.05, 0) is 47.5 Å². The zero-order valence-corrected chi connectivity index (χ0v) is 18.1. The second kappa shape index (κ2) is 7.87. The molecule has 3 N–H and O–H groups in total. The maximum atomic E-state index is 13.0. The molecule has 0 saturated carbocycles. The van der Waals surface area contributed by atoms with Crippen molar-refractivity contribution in [3.05, 3.63) is 91.4 Å². The number of halogens is 4. The highest BCUT2D eigenvalue weighted by Gasteiger charge is 2.50. The van der Waals surface area contributed by atoms with Gasteiger partial charge in [-0.3, -0.25) is 4.55 Å². The van der Waals surface area contributed by atoms with Gasteiger partial charge in [0.05, 0.1) is 5.02 Å². The highest BCUT2D eigenvalue weighted by Crippen LogP contribution is 2.50. The van der Waals surface area contributed by atoms with Crippen molar-refractivity contribution in [3.63, 3.8) is 0 Å². The van der Waals surface area contributed by atoms with Gasteiger partial charge in [0.25, 0.3) is 10.1 Å². The summed E-state index contributed by atoms with van der Waals surface area (Å²) < 4.78 is 34.0. The highest BCUT2D eigenvalue weighted by molar-refractivity contribution is 7.87. The van der Waals surface area contributed by atoms with E-state index in [0.717, 1.165) is 12.1 Å². The van der Waals surface area contributed by atoms with Crippen LogP contribution in [-0.4, -0.2) is 23.2 Å². The van der Waals surface area contributed by atoms with Crippen molar-refractivity contribution in [1.82, 2.24) is 0 Å². The Bertz CT molecular complexity index is 1190. The molecule has 0 spiro atoms. The van der Waals surface area contributed by atoms with Crippen molar-refractivity contribution in [3.8, 4) is 11.5 Å². The topological polar surface area (TPSA) is 94.8 Å². The molecule has 0 aliphatic heterocycles. The molecule has 0 aromatic heterocycles. The van der Waals surface area contributed by atoms with E-state index in [1.807, 2.05) is 0 Å². The number of phenolic OH excluding ortho intramolecular Hbond substituents is 2. The molecule has 3 rings (SSSR count). The molecule has 0 amide bonds. The Balaban J connectivity index is 2.63. The molecule has 3 aromatic carbocycles. The largest absolute Gasteiger partial charge is 0.508 e. The van der Waals surface area contributed by atoms with Gasteiger partial charge in [0.2, 0.25) is 0 Å². The molecule has 0 fully saturated rings. The Hall–Kier alpha value is -1.67. The molecule has 10 heteroatoms. The monoisotopic (exact) mass is 492 g/mol. The van der Waals surface area contributed by atoms with E-state index < -0.39 is 20.6 Å². The number of hydrogen-bond donors (Lipinski definition) is 3. The minimum Gasteiger partial charge on any atom is -0.508 e. The van der Waals surface area contributed by atoms with E-state index in [9.17, 15) is 23.2 Å². The van der Waals surface area contributed by atoms with Crippen LogP contribution in [0.4, 0.5) is 0 Å². The minimum atomic E-state index is -5.07. The summed E-state index contributed by atoms with van der Waals surface area (Å²) in [4.78, 5) is 0. The first-order valence-electron chi connectivity index (χ1n) is 7.88. The van der Waals surface area contributed by atoms with Crippen LogP contribution in [0.5, 0.6) is 11.5 Å². The molecule has 0 saturated heterocycles. The molecule has 0 heterocycles. The third-order valence-electron chi connectivity index (χ3n) is 4.30. The standard InChI is InChI=1S/C19H12Cl4O5S/c20-12-3-1-2-10(4-12)19(29(26,27)28,11-5-13(21)7-15(24)6-11)16-8-14(22)9-17(25)18(16)23/h1-9,24-25H,(H,26,27,28). The second-order valence-electron chi connectivity index (χ2n) is 6.15. The predicted molar refractivity (Wildman–Crippen MR) is 114 cm³/mol. The average molecular weight is 494 g/mol.